The summed E-state index contributed by atoms with van der Waals surface area (Å²) in [5.74, 6) is 0. The molecule has 2 N–H and O–H groups in total. The highest BCUT2D eigenvalue weighted by molar-refractivity contribution is 5.25. The summed E-state index contributed by atoms with van der Waals surface area (Å²) >= 11 is 0. The highest BCUT2D eigenvalue weighted by Gasteiger charge is 2.23. The van der Waals surface area contributed by atoms with Gasteiger partial charge in [0.1, 0.15) is 0 Å². The van der Waals surface area contributed by atoms with Crippen molar-refractivity contribution in [3.05, 3.63) is 53.9 Å². The molecule has 1 heterocycles. The van der Waals surface area contributed by atoms with Crippen LogP contribution in [0, 0.1) is 0 Å². The lowest BCUT2D eigenvalue weighted by molar-refractivity contribution is 0.417. The van der Waals surface area contributed by atoms with Crippen LogP contribution in [0.2, 0.25) is 0 Å². The van der Waals surface area contributed by atoms with Crippen LogP contribution < -0.4 is 5.73 Å². The zero-order chi connectivity index (χ0) is 14.6. The summed E-state index contributed by atoms with van der Waals surface area (Å²) in [5.41, 5.74) is 8.30. The van der Waals surface area contributed by atoms with Crippen molar-refractivity contribution in [2.75, 3.05) is 0 Å². The molecule has 3 heteroatoms. The van der Waals surface area contributed by atoms with Gasteiger partial charge in [0.05, 0.1) is 11.7 Å². The molecule has 1 unspecified atom stereocenters. The summed E-state index contributed by atoms with van der Waals surface area (Å²) in [7, 11) is 0. The van der Waals surface area contributed by atoms with Gasteiger partial charge >= 0.3 is 0 Å². The van der Waals surface area contributed by atoms with Crippen LogP contribution in [0.15, 0.2) is 42.6 Å². The van der Waals surface area contributed by atoms with Gasteiger partial charge in [0, 0.05) is 18.2 Å². The van der Waals surface area contributed by atoms with Crippen LogP contribution in [0.5, 0.6) is 0 Å². The lowest BCUT2D eigenvalue weighted by Gasteiger charge is -2.24. The van der Waals surface area contributed by atoms with E-state index in [1.54, 1.807) is 0 Å². The Hall–Kier alpha value is -1.61. The molecule has 0 aliphatic heterocycles. The highest BCUT2D eigenvalue weighted by atomic mass is 15.3. The fraction of sp³-hybridized carbons (Fsp3) is 0.471. The number of rotatable bonds is 6. The maximum Gasteiger partial charge on any atom is 0.0646 e. The predicted octanol–water partition coefficient (Wildman–Crippen LogP) is 3.66. The first kappa shape index (κ1) is 14.8. The summed E-state index contributed by atoms with van der Waals surface area (Å²) in [4.78, 5) is 0. The van der Waals surface area contributed by atoms with Gasteiger partial charge in [-0.2, -0.15) is 5.10 Å². The van der Waals surface area contributed by atoms with Gasteiger partial charge in [-0.1, -0.05) is 44.2 Å². The molecule has 0 aliphatic rings. The standard InChI is InChI=1S/C17H25N3/c1-4-16(5-2)20-12-11-15(19-20)13-17(3,18)14-9-7-6-8-10-14/h6-12,16H,4-5,13,18H2,1-3H3. The number of nitrogens with zero attached hydrogens (tertiary/aromatic N) is 2. The second-order valence-electron chi connectivity index (χ2n) is 5.72. The molecule has 0 saturated carbocycles. The maximum absolute atomic E-state index is 6.47. The van der Waals surface area contributed by atoms with Crippen LogP contribution in [0.3, 0.4) is 0 Å². The van der Waals surface area contributed by atoms with Crippen LogP contribution in [0.25, 0.3) is 0 Å². The summed E-state index contributed by atoms with van der Waals surface area (Å²) in [5, 5.41) is 4.70. The minimum absolute atomic E-state index is 0.381. The molecule has 2 aromatic rings. The molecule has 0 spiro atoms. The van der Waals surface area contributed by atoms with Crippen molar-refractivity contribution in [3.63, 3.8) is 0 Å². The molecule has 0 saturated heterocycles. The van der Waals surface area contributed by atoms with Gasteiger partial charge in [0.2, 0.25) is 0 Å². The SMILES string of the molecule is CCC(CC)n1ccc(CC(C)(N)c2ccccc2)n1. The molecular weight excluding hydrogens is 246 g/mol. The Morgan fingerprint density at radius 3 is 2.40 bits per heavy atom. The molecule has 0 aliphatic carbocycles. The van der Waals surface area contributed by atoms with Crippen molar-refractivity contribution in [1.29, 1.82) is 0 Å². The van der Waals surface area contributed by atoms with E-state index in [4.69, 9.17) is 10.8 Å². The van der Waals surface area contributed by atoms with Gasteiger partial charge in [0.15, 0.2) is 0 Å². The number of hydrogen-bond acceptors (Lipinski definition) is 2. The van der Waals surface area contributed by atoms with Gasteiger partial charge in [-0.3, -0.25) is 4.68 Å². The van der Waals surface area contributed by atoms with Crippen molar-refractivity contribution >= 4 is 0 Å². The first-order valence-corrected chi connectivity index (χ1v) is 7.45. The Balaban J connectivity index is 2.14. The van der Waals surface area contributed by atoms with E-state index in [-0.39, 0.29) is 5.54 Å². The lowest BCUT2D eigenvalue weighted by atomic mass is 9.88. The van der Waals surface area contributed by atoms with Gasteiger partial charge in [0.25, 0.3) is 0 Å². The summed E-state index contributed by atoms with van der Waals surface area (Å²) < 4.78 is 2.08. The summed E-state index contributed by atoms with van der Waals surface area (Å²) in [6, 6.07) is 12.8. The van der Waals surface area contributed by atoms with Crippen molar-refractivity contribution in [2.24, 2.45) is 5.73 Å². The zero-order valence-corrected chi connectivity index (χ0v) is 12.7. The average Bonchev–Trinajstić information content (AvgIpc) is 2.89. The summed E-state index contributed by atoms with van der Waals surface area (Å²) in [6.45, 7) is 6.47. The van der Waals surface area contributed by atoms with E-state index in [9.17, 15) is 0 Å². The molecule has 0 radical (unpaired) electrons. The molecule has 1 atom stereocenters. The van der Waals surface area contributed by atoms with Crippen LogP contribution in [0.1, 0.15) is 50.9 Å². The molecule has 108 valence electrons. The average molecular weight is 271 g/mol. The van der Waals surface area contributed by atoms with Crippen molar-refractivity contribution < 1.29 is 0 Å². The number of benzene rings is 1. The molecule has 0 amide bonds. The van der Waals surface area contributed by atoms with Crippen LogP contribution in [0.4, 0.5) is 0 Å². The third-order valence-electron chi connectivity index (χ3n) is 3.96. The van der Waals surface area contributed by atoms with Crippen molar-refractivity contribution in [3.8, 4) is 0 Å². The third-order valence-corrected chi connectivity index (χ3v) is 3.96. The summed E-state index contributed by atoms with van der Waals surface area (Å²) in [6.07, 6.45) is 5.05. The van der Waals surface area contributed by atoms with E-state index in [0.29, 0.717) is 6.04 Å². The monoisotopic (exact) mass is 271 g/mol. The predicted molar refractivity (Wildman–Crippen MR) is 83.5 cm³/mol. The van der Waals surface area contributed by atoms with E-state index in [1.807, 2.05) is 18.2 Å². The molecule has 0 bridgehead atoms. The molecule has 0 fully saturated rings. The number of hydrogen-bond donors (Lipinski definition) is 1. The van der Waals surface area contributed by atoms with E-state index < -0.39 is 0 Å². The smallest absolute Gasteiger partial charge is 0.0646 e. The number of nitrogens with two attached hydrogens (primary N) is 1. The van der Waals surface area contributed by atoms with Gasteiger partial charge < -0.3 is 5.73 Å². The Kier molecular flexibility index (Phi) is 4.61. The number of aromatic nitrogens is 2. The van der Waals surface area contributed by atoms with Crippen molar-refractivity contribution in [1.82, 2.24) is 9.78 Å². The Morgan fingerprint density at radius 1 is 1.15 bits per heavy atom. The maximum atomic E-state index is 6.47. The molecule has 20 heavy (non-hydrogen) atoms. The van der Waals surface area contributed by atoms with E-state index in [2.05, 4.69) is 49.8 Å². The third kappa shape index (κ3) is 3.28. The van der Waals surface area contributed by atoms with E-state index in [0.717, 1.165) is 30.5 Å². The van der Waals surface area contributed by atoms with Gasteiger partial charge in [-0.15, -0.1) is 0 Å². The quantitative estimate of drug-likeness (QED) is 0.871. The highest BCUT2D eigenvalue weighted by Crippen LogP contribution is 2.23. The van der Waals surface area contributed by atoms with Gasteiger partial charge in [-0.25, -0.2) is 0 Å². The molecular formula is C17H25N3. The Morgan fingerprint density at radius 2 is 1.80 bits per heavy atom. The first-order valence-electron chi connectivity index (χ1n) is 7.45. The van der Waals surface area contributed by atoms with Crippen LogP contribution in [-0.4, -0.2) is 9.78 Å². The first-order chi connectivity index (χ1) is 9.56. The molecule has 1 aromatic carbocycles. The van der Waals surface area contributed by atoms with Gasteiger partial charge in [-0.05, 0) is 31.4 Å². The minimum atomic E-state index is -0.381. The van der Waals surface area contributed by atoms with Crippen LogP contribution in [-0.2, 0) is 12.0 Å². The molecule has 3 nitrogen and oxygen atoms in total. The second-order valence-corrected chi connectivity index (χ2v) is 5.72. The Labute approximate surface area is 121 Å². The normalized spacial score (nSPS) is 14.4. The van der Waals surface area contributed by atoms with Crippen LogP contribution >= 0.6 is 0 Å². The van der Waals surface area contributed by atoms with E-state index in [1.165, 1.54) is 0 Å². The lowest BCUT2D eigenvalue weighted by Crippen LogP contribution is -2.35. The molecule has 1 aromatic heterocycles. The minimum Gasteiger partial charge on any atom is -0.321 e. The Bertz CT molecular complexity index is 524. The fourth-order valence-electron chi connectivity index (χ4n) is 2.64. The van der Waals surface area contributed by atoms with E-state index >= 15 is 0 Å². The van der Waals surface area contributed by atoms with Crippen molar-refractivity contribution in [2.45, 2.75) is 51.6 Å². The largest absolute Gasteiger partial charge is 0.321 e. The fourth-order valence-corrected chi connectivity index (χ4v) is 2.64. The zero-order valence-electron chi connectivity index (χ0n) is 12.7. The molecule has 2 rings (SSSR count). The second kappa shape index (κ2) is 6.23. The topological polar surface area (TPSA) is 43.8 Å².